The zero-order valence-electron chi connectivity index (χ0n) is 9.18. The van der Waals surface area contributed by atoms with E-state index in [1.165, 1.54) is 4.70 Å². The van der Waals surface area contributed by atoms with E-state index in [0.29, 0.717) is 0 Å². The van der Waals surface area contributed by atoms with Crippen molar-refractivity contribution in [1.29, 1.82) is 0 Å². The molecule has 1 N–H and O–H groups in total. The fourth-order valence-electron chi connectivity index (χ4n) is 1.50. The van der Waals surface area contributed by atoms with Gasteiger partial charge in [0.2, 0.25) is 0 Å². The maximum absolute atomic E-state index is 10.9. The highest BCUT2D eigenvalue weighted by atomic mass is 32.1. The van der Waals surface area contributed by atoms with E-state index in [0.717, 1.165) is 10.4 Å². The first-order chi connectivity index (χ1) is 7.59. The number of rotatable bonds is 3. The maximum atomic E-state index is 10.9. The molecule has 84 valence electrons. The fourth-order valence-corrected chi connectivity index (χ4v) is 2.60. The summed E-state index contributed by atoms with van der Waals surface area (Å²) in [7, 11) is 1.81. The van der Waals surface area contributed by atoms with Crippen LogP contribution in [0.4, 0.5) is 5.00 Å². The predicted molar refractivity (Wildman–Crippen MR) is 67.3 cm³/mol. The van der Waals surface area contributed by atoms with Crippen LogP contribution in [0.2, 0.25) is 0 Å². The molecule has 0 saturated carbocycles. The lowest BCUT2D eigenvalue weighted by Crippen LogP contribution is -2.35. The lowest BCUT2D eigenvalue weighted by molar-refractivity contribution is -0.138. The van der Waals surface area contributed by atoms with Gasteiger partial charge in [0, 0.05) is 11.7 Å². The molecule has 1 heterocycles. The average Bonchev–Trinajstić information content (AvgIpc) is 2.70. The molecule has 1 aromatic carbocycles. The van der Waals surface area contributed by atoms with Gasteiger partial charge in [-0.2, -0.15) is 0 Å². The standard InChI is InChI=1S/C12H13NO2S/c1-8(12(14)15)13(2)11-7-9-5-3-4-6-10(9)16-11/h3-8H,1-2H3,(H,14,15). The van der Waals surface area contributed by atoms with E-state index in [1.807, 2.05) is 37.4 Å². The number of nitrogens with zero attached hydrogens (tertiary/aromatic N) is 1. The van der Waals surface area contributed by atoms with Gasteiger partial charge in [-0.15, -0.1) is 11.3 Å². The second-order valence-electron chi connectivity index (χ2n) is 3.75. The molecule has 3 nitrogen and oxygen atoms in total. The summed E-state index contributed by atoms with van der Waals surface area (Å²) in [5.74, 6) is -0.806. The molecule has 1 unspecified atom stereocenters. The Morgan fingerprint density at radius 1 is 1.44 bits per heavy atom. The van der Waals surface area contributed by atoms with Crippen molar-refractivity contribution in [3.8, 4) is 0 Å². The molecule has 0 fully saturated rings. The fraction of sp³-hybridized carbons (Fsp3) is 0.250. The molecule has 1 aromatic heterocycles. The molecule has 0 spiro atoms. The highest BCUT2D eigenvalue weighted by molar-refractivity contribution is 7.22. The van der Waals surface area contributed by atoms with Gasteiger partial charge < -0.3 is 10.0 Å². The summed E-state index contributed by atoms with van der Waals surface area (Å²) in [4.78, 5) is 12.7. The van der Waals surface area contributed by atoms with Crippen molar-refractivity contribution < 1.29 is 9.90 Å². The first kappa shape index (κ1) is 11.0. The van der Waals surface area contributed by atoms with Crippen molar-refractivity contribution in [2.75, 3.05) is 11.9 Å². The van der Waals surface area contributed by atoms with E-state index < -0.39 is 12.0 Å². The number of fused-ring (bicyclic) bond motifs is 1. The van der Waals surface area contributed by atoms with Crippen molar-refractivity contribution in [3.05, 3.63) is 30.3 Å². The molecule has 2 rings (SSSR count). The van der Waals surface area contributed by atoms with Crippen LogP contribution in [0.3, 0.4) is 0 Å². The minimum Gasteiger partial charge on any atom is -0.480 e. The monoisotopic (exact) mass is 235 g/mol. The van der Waals surface area contributed by atoms with Crippen molar-refractivity contribution in [2.45, 2.75) is 13.0 Å². The van der Waals surface area contributed by atoms with Gasteiger partial charge in [-0.3, -0.25) is 0 Å². The number of hydrogen-bond acceptors (Lipinski definition) is 3. The van der Waals surface area contributed by atoms with Crippen LogP contribution in [-0.4, -0.2) is 24.2 Å². The number of benzene rings is 1. The number of carboxylic acid groups (broad SMARTS) is 1. The second-order valence-corrected chi connectivity index (χ2v) is 4.81. The first-order valence-electron chi connectivity index (χ1n) is 5.04. The Labute approximate surface area is 97.9 Å². The summed E-state index contributed by atoms with van der Waals surface area (Å²) in [6, 6.07) is 9.58. The lowest BCUT2D eigenvalue weighted by Gasteiger charge is -2.21. The third-order valence-electron chi connectivity index (χ3n) is 2.70. The molecule has 0 aliphatic carbocycles. The largest absolute Gasteiger partial charge is 0.480 e. The zero-order chi connectivity index (χ0) is 11.7. The average molecular weight is 235 g/mol. The van der Waals surface area contributed by atoms with Crippen LogP contribution in [0.1, 0.15) is 6.92 Å². The number of hydrogen-bond donors (Lipinski definition) is 1. The third-order valence-corrected chi connectivity index (χ3v) is 3.91. The van der Waals surface area contributed by atoms with Gasteiger partial charge >= 0.3 is 5.97 Å². The van der Waals surface area contributed by atoms with E-state index in [4.69, 9.17) is 5.11 Å². The van der Waals surface area contributed by atoms with Gasteiger partial charge in [-0.05, 0) is 24.4 Å². The highest BCUT2D eigenvalue weighted by Gasteiger charge is 2.18. The number of aliphatic carboxylic acids is 1. The van der Waals surface area contributed by atoms with Gasteiger partial charge in [0.15, 0.2) is 0 Å². The van der Waals surface area contributed by atoms with Gasteiger partial charge in [-0.1, -0.05) is 18.2 Å². The number of carbonyl (C=O) groups is 1. The lowest BCUT2D eigenvalue weighted by atomic mass is 10.2. The molecule has 0 aliphatic rings. The van der Waals surface area contributed by atoms with Crippen molar-refractivity contribution >= 4 is 32.4 Å². The number of thiophene rings is 1. The van der Waals surface area contributed by atoms with E-state index in [-0.39, 0.29) is 0 Å². The summed E-state index contributed by atoms with van der Waals surface area (Å²) < 4.78 is 1.18. The molecule has 0 bridgehead atoms. The predicted octanol–water partition coefficient (Wildman–Crippen LogP) is 2.81. The van der Waals surface area contributed by atoms with Crippen LogP contribution in [0, 0.1) is 0 Å². The molecular formula is C12H13NO2S. The van der Waals surface area contributed by atoms with E-state index in [1.54, 1.807) is 23.2 Å². The maximum Gasteiger partial charge on any atom is 0.326 e. The first-order valence-corrected chi connectivity index (χ1v) is 5.85. The van der Waals surface area contributed by atoms with Crippen LogP contribution in [-0.2, 0) is 4.79 Å². The minimum atomic E-state index is -0.806. The smallest absolute Gasteiger partial charge is 0.326 e. The summed E-state index contributed by atoms with van der Waals surface area (Å²) in [6.45, 7) is 1.69. The summed E-state index contributed by atoms with van der Waals surface area (Å²) in [5.41, 5.74) is 0. The Balaban J connectivity index is 2.36. The summed E-state index contributed by atoms with van der Waals surface area (Å²) in [5, 5.41) is 11.1. The van der Waals surface area contributed by atoms with E-state index in [2.05, 4.69) is 0 Å². The molecule has 1 atom stereocenters. The highest BCUT2D eigenvalue weighted by Crippen LogP contribution is 2.32. The van der Waals surface area contributed by atoms with Crippen molar-refractivity contribution in [2.24, 2.45) is 0 Å². The number of likely N-dealkylation sites (N-methyl/N-ethyl adjacent to an activating group) is 1. The van der Waals surface area contributed by atoms with Crippen molar-refractivity contribution in [3.63, 3.8) is 0 Å². The van der Waals surface area contributed by atoms with Crippen LogP contribution in [0.15, 0.2) is 30.3 Å². The molecule has 4 heteroatoms. The molecule has 0 aliphatic heterocycles. The van der Waals surface area contributed by atoms with Gasteiger partial charge in [0.05, 0.1) is 5.00 Å². The normalized spacial score (nSPS) is 12.6. The minimum absolute atomic E-state index is 0.506. The second kappa shape index (κ2) is 4.14. The SMILES string of the molecule is CC(C(=O)O)N(C)c1cc2ccccc2s1. The third kappa shape index (κ3) is 1.88. The zero-order valence-corrected chi connectivity index (χ0v) is 9.99. The van der Waals surface area contributed by atoms with Crippen LogP contribution >= 0.6 is 11.3 Å². The summed E-state index contributed by atoms with van der Waals surface area (Å²) >= 11 is 1.61. The topological polar surface area (TPSA) is 40.5 Å². The Morgan fingerprint density at radius 2 is 2.12 bits per heavy atom. The quantitative estimate of drug-likeness (QED) is 0.889. The van der Waals surface area contributed by atoms with Crippen LogP contribution in [0.25, 0.3) is 10.1 Å². The van der Waals surface area contributed by atoms with E-state index >= 15 is 0 Å². The van der Waals surface area contributed by atoms with Gasteiger partial charge in [-0.25, -0.2) is 4.79 Å². The van der Waals surface area contributed by atoms with Crippen LogP contribution < -0.4 is 4.90 Å². The Morgan fingerprint density at radius 3 is 2.75 bits per heavy atom. The summed E-state index contributed by atoms with van der Waals surface area (Å²) in [6.07, 6.45) is 0. The molecule has 0 amide bonds. The van der Waals surface area contributed by atoms with Gasteiger partial charge in [0.25, 0.3) is 0 Å². The molecule has 16 heavy (non-hydrogen) atoms. The molecule has 2 aromatic rings. The Kier molecular flexibility index (Phi) is 2.83. The van der Waals surface area contributed by atoms with Gasteiger partial charge in [0.1, 0.15) is 6.04 Å². The molecule has 0 saturated heterocycles. The Bertz CT molecular complexity index is 487. The molecule has 0 radical (unpaired) electrons. The van der Waals surface area contributed by atoms with E-state index in [9.17, 15) is 4.79 Å². The number of carboxylic acids is 1. The number of anilines is 1. The van der Waals surface area contributed by atoms with Crippen molar-refractivity contribution in [1.82, 2.24) is 0 Å². The Hall–Kier alpha value is -1.55. The van der Waals surface area contributed by atoms with Crippen LogP contribution in [0.5, 0.6) is 0 Å². The molecular weight excluding hydrogens is 222 g/mol.